The summed E-state index contributed by atoms with van der Waals surface area (Å²) >= 11 is 0. The molecule has 2 N–H and O–H groups in total. The number of likely N-dealkylation sites (N-methyl/N-ethyl adjacent to an activating group) is 1. The van der Waals surface area contributed by atoms with Gasteiger partial charge in [0.05, 0.1) is 7.11 Å². The molecule has 0 saturated carbocycles. The second-order valence-electron chi connectivity index (χ2n) is 5.35. The van der Waals surface area contributed by atoms with E-state index in [1.807, 2.05) is 18.2 Å². The topological polar surface area (TPSA) is 41.7 Å². The molecule has 0 bridgehead atoms. The summed E-state index contributed by atoms with van der Waals surface area (Å²) in [5, 5.41) is 0. The molecule has 4 nitrogen and oxygen atoms in total. The number of nitrogens with two attached hydrogens (primary N) is 1. The summed E-state index contributed by atoms with van der Waals surface area (Å²) < 4.78 is 5.42. The zero-order valence-corrected chi connectivity index (χ0v) is 12.2. The first-order valence-electron chi connectivity index (χ1n) is 6.99. The van der Waals surface area contributed by atoms with Crippen LogP contribution in [0.25, 0.3) is 0 Å². The van der Waals surface area contributed by atoms with Crippen molar-refractivity contribution in [1.82, 2.24) is 9.80 Å². The average Bonchev–Trinajstić information content (AvgIpc) is 2.41. The number of nitrogen functional groups attached to an aromatic ring is 1. The van der Waals surface area contributed by atoms with Gasteiger partial charge in [-0.3, -0.25) is 4.90 Å². The van der Waals surface area contributed by atoms with Crippen molar-refractivity contribution in [3.8, 4) is 5.75 Å². The Bertz CT molecular complexity index is 422. The molecule has 106 valence electrons. The SMILES string of the molecule is CCC1CN(Cc2cc(N)ccc2OC)CCN1C. The lowest BCUT2D eigenvalue weighted by atomic mass is 10.1. The summed E-state index contributed by atoms with van der Waals surface area (Å²) in [4.78, 5) is 4.94. The van der Waals surface area contributed by atoms with Gasteiger partial charge in [-0.15, -0.1) is 0 Å². The number of nitrogens with zero attached hydrogens (tertiary/aromatic N) is 2. The molecule has 1 aromatic carbocycles. The van der Waals surface area contributed by atoms with E-state index in [4.69, 9.17) is 10.5 Å². The molecule has 1 saturated heterocycles. The molecule has 0 aliphatic carbocycles. The van der Waals surface area contributed by atoms with E-state index in [-0.39, 0.29) is 0 Å². The summed E-state index contributed by atoms with van der Waals surface area (Å²) in [7, 11) is 3.93. The lowest BCUT2D eigenvalue weighted by Crippen LogP contribution is -2.50. The van der Waals surface area contributed by atoms with E-state index in [1.54, 1.807) is 7.11 Å². The Morgan fingerprint density at radius 2 is 2.16 bits per heavy atom. The van der Waals surface area contributed by atoms with Crippen LogP contribution in [-0.4, -0.2) is 49.6 Å². The molecule has 1 fully saturated rings. The minimum absolute atomic E-state index is 0.654. The number of anilines is 1. The molecule has 0 radical (unpaired) electrons. The van der Waals surface area contributed by atoms with E-state index in [0.717, 1.165) is 37.6 Å². The van der Waals surface area contributed by atoms with Gasteiger partial charge < -0.3 is 15.4 Å². The predicted octanol–water partition coefficient (Wildman–Crippen LogP) is 1.80. The molecule has 1 heterocycles. The number of ether oxygens (including phenoxy) is 1. The quantitative estimate of drug-likeness (QED) is 0.841. The Morgan fingerprint density at radius 1 is 1.37 bits per heavy atom. The van der Waals surface area contributed by atoms with Crippen molar-refractivity contribution in [3.63, 3.8) is 0 Å². The van der Waals surface area contributed by atoms with Crippen LogP contribution in [0.1, 0.15) is 18.9 Å². The number of methoxy groups -OCH3 is 1. The van der Waals surface area contributed by atoms with Gasteiger partial charge in [-0.2, -0.15) is 0 Å². The monoisotopic (exact) mass is 263 g/mol. The minimum Gasteiger partial charge on any atom is -0.496 e. The Balaban J connectivity index is 2.06. The van der Waals surface area contributed by atoms with Crippen LogP contribution in [0.3, 0.4) is 0 Å². The van der Waals surface area contributed by atoms with Crippen molar-refractivity contribution in [2.24, 2.45) is 0 Å². The smallest absolute Gasteiger partial charge is 0.123 e. The van der Waals surface area contributed by atoms with Crippen molar-refractivity contribution >= 4 is 5.69 Å². The van der Waals surface area contributed by atoms with Gasteiger partial charge in [0, 0.05) is 43.5 Å². The van der Waals surface area contributed by atoms with E-state index in [1.165, 1.54) is 12.0 Å². The van der Waals surface area contributed by atoms with Gasteiger partial charge >= 0.3 is 0 Å². The zero-order chi connectivity index (χ0) is 13.8. The maximum absolute atomic E-state index is 5.88. The minimum atomic E-state index is 0.654. The highest BCUT2D eigenvalue weighted by Crippen LogP contribution is 2.24. The van der Waals surface area contributed by atoms with Gasteiger partial charge in [0.1, 0.15) is 5.75 Å². The number of hydrogen-bond acceptors (Lipinski definition) is 4. The molecule has 4 heteroatoms. The van der Waals surface area contributed by atoms with E-state index >= 15 is 0 Å². The summed E-state index contributed by atoms with van der Waals surface area (Å²) in [5.41, 5.74) is 7.87. The van der Waals surface area contributed by atoms with Crippen LogP contribution in [0, 0.1) is 0 Å². The van der Waals surface area contributed by atoms with E-state index < -0.39 is 0 Å². The number of piperazine rings is 1. The fourth-order valence-corrected chi connectivity index (χ4v) is 2.76. The first-order valence-corrected chi connectivity index (χ1v) is 6.99. The van der Waals surface area contributed by atoms with Gasteiger partial charge in [-0.05, 0) is 31.7 Å². The fraction of sp³-hybridized carbons (Fsp3) is 0.600. The zero-order valence-electron chi connectivity index (χ0n) is 12.2. The maximum atomic E-state index is 5.88. The van der Waals surface area contributed by atoms with Crippen molar-refractivity contribution in [2.45, 2.75) is 25.9 Å². The molecule has 1 aromatic rings. The third-order valence-corrected chi connectivity index (χ3v) is 4.03. The predicted molar refractivity (Wildman–Crippen MR) is 79.4 cm³/mol. The summed E-state index contributed by atoms with van der Waals surface area (Å²) in [6.45, 7) is 6.52. The van der Waals surface area contributed by atoms with Crippen LogP contribution in [0.2, 0.25) is 0 Å². The van der Waals surface area contributed by atoms with E-state index in [9.17, 15) is 0 Å². The Labute approximate surface area is 116 Å². The third kappa shape index (κ3) is 3.39. The van der Waals surface area contributed by atoms with Crippen LogP contribution in [0.5, 0.6) is 5.75 Å². The highest BCUT2D eigenvalue weighted by Gasteiger charge is 2.23. The molecular weight excluding hydrogens is 238 g/mol. The lowest BCUT2D eigenvalue weighted by Gasteiger charge is -2.39. The second kappa shape index (κ2) is 6.26. The van der Waals surface area contributed by atoms with E-state index in [2.05, 4.69) is 23.8 Å². The molecular formula is C15H25N3O. The molecule has 0 amide bonds. The van der Waals surface area contributed by atoms with Crippen LogP contribution in [-0.2, 0) is 6.54 Å². The molecule has 1 atom stereocenters. The number of rotatable bonds is 4. The molecule has 2 rings (SSSR count). The van der Waals surface area contributed by atoms with Crippen LogP contribution >= 0.6 is 0 Å². The van der Waals surface area contributed by atoms with Crippen molar-refractivity contribution in [1.29, 1.82) is 0 Å². The fourth-order valence-electron chi connectivity index (χ4n) is 2.76. The first-order chi connectivity index (χ1) is 9.13. The standard InChI is InChI=1S/C15H25N3O/c1-4-14-11-18(8-7-17(14)2)10-12-9-13(16)5-6-15(12)19-3/h5-6,9,14H,4,7-8,10-11,16H2,1-3H3. The van der Waals surface area contributed by atoms with Gasteiger partial charge in [-0.1, -0.05) is 6.92 Å². The van der Waals surface area contributed by atoms with Gasteiger partial charge in [-0.25, -0.2) is 0 Å². The maximum Gasteiger partial charge on any atom is 0.123 e. The van der Waals surface area contributed by atoms with E-state index in [0.29, 0.717) is 6.04 Å². The Morgan fingerprint density at radius 3 is 2.84 bits per heavy atom. The molecule has 1 unspecified atom stereocenters. The molecule has 1 aliphatic heterocycles. The third-order valence-electron chi connectivity index (χ3n) is 4.03. The van der Waals surface area contributed by atoms with Gasteiger partial charge in [0.15, 0.2) is 0 Å². The number of hydrogen-bond donors (Lipinski definition) is 1. The summed E-state index contributed by atoms with van der Waals surface area (Å²) in [6, 6.07) is 6.53. The first kappa shape index (κ1) is 14.2. The highest BCUT2D eigenvalue weighted by molar-refractivity contribution is 5.47. The molecule has 19 heavy (non-hydrogen) atoms. The average molecular weight is 263 g/mol. The number of benzene rings is 1. The highest BCUT2D eigenvalue weighted by atomic mass is 16.5. The largest absolute Gasteiger partial charge is 0.496 e. The molecule has 1 aliphatic rings. The summed E-state index contributed by atoms with van der Waals surface area (Å²) in [6.07, 6.45) is 1.20. The Hall–Kier alpha value is -1.26. The molecule has 0 aromatic heterocycles. The van der Waals surface area contributed by atoms with Crippen LogP contribution in [0.4, 0.5) is 5.69 Å². The normalized spacial score (nSPS) is 21.5. The van der Waals surface area contributed by atoms with Crippen molar-refractivity contribution in [3.05, 3.63) is 23.8 Å². The van der Waals surface area contributed by atoms with Crippen molar-refractivity contribution in [2.75, 3.05) is 39.5 Å². The van der Waals surface area contributed by atoms with Crippen molar-refractivity contribution < 1.29 is 4.74 Å². The van der Waals surface area contributed by atoms with Gasteiger partial charge in [0.25, 0.3) is 0 Å². The lowest BCUT2D eigenvalue weighted by molar-refractivity contribution is 0.0878. The van der Waals surface area contributed by atoms with Gasteiger partial charge in [0.2, 0.25) is 0 Å². The second-order valence-corrected chi connectivity index (χ2v) is 5.35. The van der Waals surface area contributed by atoms with Crippen LogP contribution < -0.4 is 10.5 Å². The summed E-state index contributed by atoms with van der Waals surface area (Å²) in [5.74, 6) is 0.932. The van der Waals surface area contributed by atoms with Crippen LogP contribution in [0.15, 0.2) is 18.2 Å². The molecule has 0 spiro atoms. The Kier molecular flexibility index (Phi) is 4.66.